The van der Waals surface area contributed by atoms with Crippen LogP contribution in [0.1, 0.15) is 28.9 Å². The van der Waals surface area contributed by atoms with E-state index in [9.17, 15) is 4.79 Å². The predicted molar refractivity (Wildman–Crippen MR) is 74.1 cm³/mol. The molecule has 1 atom stereocenters. The van der Waals surface area contributed by atoms with Crippen LogP contribution in [0.2, 0.25) is 0 Å². The van der Waals surface area contributed by atoms with Gasteiger partial charge in [-0.1, -0.05) is 0 Å². The van der Waals surface area contributed by atoms with Crippen molar-refractivity contribution < 1.29 is 4.79 Å². The fourth-order valence-corrected chi connectivity index (χ4v) is 2.84. The van der Waals surface area contributed by atoms with Gasteiger partial charge in [0, 0.05) is 38.2 Å². The molecule has 0 radical (unpaired) electrons. The second kappa shape index (κ2) is 5.48. The van der Waals surface area contributed by atoms with E-state index in [0.717, 1.165) is 38.0 Å². The predicted octanol–water partition coefficient (Wildman–Crippen LogP) is 1.24. The summed E-state index contributed by atoms with van der Waals surface area (Å²) < 4.78 is 1.67. The van der Waals surface area contributed by atoms with Gasteiger partial charge >= 0.3 is 0 Å². The first kappa shape index (κ1) is 12.9. The van der Waals surface area contributed by atoms with Gasteiger partial charge in [0.2, 0.25) is 0 Å². The number of carbonyl (C=O) groups is 1. The molecule has 3 rings (SSSR count). The number of piperidine rings is 1. The lowest BCUT2D eigenvalue weighted by Gasteiger charge is -2.32. The zero-order chi connectivity index (χ0) is 13.9. The van der Waals surface area contributed by atoms with Crippen LogP contribution in [0, 0.1) is 5.92 Å². The highest BCUT2D eigenvalue weighted by Crippen LogP contribution is 2.21. The van der Waals surface area contributed by atoms with Crippen molar-refractivity contribution in [3.63, 3.8) is 0 Å². The number of likely N-dealkylation sites (tertiary alicyclic amines) is 1. The van der Waals surface area contributed by atoms with Crippen molar-refractivity contribution in [1.29, 1.82) is 0 Å². The Labute approximate surface area is 117 Å². The Kier molecular flexibility index (Phi) is 3.54. The summed E-state index contributed by atoms with van der Waals surface area (Å²) in [6.45, 7) is 1.65. The van der Waals surface area contributed by atoms with Gasteiger partial charge in [-0.2, -0.15) is 10.2 Å². The van der Waals surface area contributed by atoms with Crippen LogP contribution in [0.15, 0.2) is 24.7 Å². The van der Waals surface area contributed by atoms with Crippen LogP contribution in [-0.2, 0) is 13.5 Å². The topological polar surface area (TPSA) is 66.8 Å². The smallest absolute Gasteiger partial charge is 0.257 e. The number of aromatic amines is 1. The molecular weight excluding hydrogens is 254 g/mol. The molecular formula is C14H19N5O. The number of rotatable bonds is 3. The number of carbonyl (C=O) groups excluding carboxylic acids is 1. The molecule has 6 nitrogen and oxygen atoms in total. The van der Waals surface area contributed by atoms with Gasteiger partial charge in [-0.3, -0.25) is 14.6 Å². The average Bonchev–Trinajstić information content (AvgIpc) is 3.10. The van der Waals surface area contributed by atoms with E-state index >= 15 is 0 Å². The van der Waals surface area contributed by atoms with Crippen LogP contribution in [0.4, 0.5) is 0 Å². The summed E-state index contributed by atoms with van der Waals surface area (Å²) in [7, 11) is 1.83. The molecule has 2 aromatic heterocycles. The van der Waals surface area contributed by atoms with Crippen LogP contribution in [0.3, 0.4) is 0 Å². The van der Waals surface area contributed by atoms with Crippen LogP contribution < -0.4 is 0 Å². The van der Waals surface area contributed by atoms with Gasteiger partial charge in [-0.05, 0) is 31.2 Å². The first-order chi connectivity index (χ1) is 9.72. The molecule has 1 fully saturated rings. The van der Waals surface area contributed by atoms with Crippen molar-refractivity contribution in [2.75, 3.05) is 13.1 Å². The highest BCUT2D eigenvalue weighted by atomic mass is 16.2. The van der Waals surface area contributed by atoms with Gasteiger partial charge in [-0.15, -0.1) is 0 Å². The molecule has 0 unspecified atom stereocenters. The van der Waals surface area contributed by atoms with Crippen LogP contribution in [0.25, 0.3) is 0 Å². The minimum absolute atomic E-state index is 0.0902. The number of aromatic nitrogens is 4. The van der Waals surface area contributed by atoms with E-state index in [-0.39, 0.29) is 5.91 Å². The van der Waals surface area contributed by atoms with Crippen LogP contribution in [-0.4, -0.2) is 43.9 Å². The number of hydrogen-bond acceptors (Lipinski definition) is 3. The molecule has 0 aliphatic carbocycles. The van der Waals surface area contributed by atoms with E-state index in [0.29, 0.717) is 11.5 Å². The number of H-pyrrole nitrogens is 1. The molecule has 0 aromatic carbocycles. The summed E-state index contributed by atoms with van der Waals surface area (Å²) in [6, 6.07) is 2.00. The zero-order valence-corrected chi connectivity index (χ0v) is 11.6. The largest absolute Gasteiger partial charge is 0.338 e. The van der Waals surface area contributed by atoms with Crippen molar-refractivity contribution >= 4 is 5.91 Å². The van der Waals surface area contributed by atoms with Crippen molar-refractivity contribution in [1.82, 2.24) is 24.9 Å². The summed E-state index contributed by atoms with van der Waals surface area (Å²) in [4.78, 5) is 14.4. The third-order valence-corrected chi connectivity index (χ3v) is 3.83. The average molecular weight is 273 g/mol. The van der Waals surface area contributed by atoms with Gasteiger partial charge in [-0.25, -0.2) is 0 Å². The SMILES string of the molecule is Cn1cc(C(=O)N2CCC[C@H](Cc3ccn[nH]3)C2)cn1. The van der Waals surface area contributed by atoms with Gasteiger partial charge in [0.05, 0.1) is 11.8 Å². The maximum atomic E-state index is 12.4. The third-order valence-electron chi connectivity index (χ3n) is 3.83. The van der Waals surface area contributed by atoms with E-state index < -0.39 is 0 Å². The summed E-state index contributed by atoms with van der Waals surface area (Å²) >= 11 is 0. The Morgan fingerprint density at radius 1 is 1.55 bits per heavy atom. The Balaban J connectivity index is 1.64. The molecule has 2 aromatic rings. The molecule has 6 heteroatoms. The van der Waals surface area contributed by atoms with Crippen molar-refractivity contribution in [2.45, 2.75) is 19.3 Å². The molecule has 1 amide bonds. The molecule has 3 heterocycles. The highest BCUT2D eigenvalue weighted by molar-refractivity contribution is 5.93. The van der Waals surface area contributed by atoms with Gasteiger partial charge in [0.25, 0.3) is 5.91 Å². The van der Waals surface area contributed by atoms with Gasteiger partial charge in [0.15, 0.2) is 0 Å². The summed E-state index contributed by atoms with van der Waals surface area (Å²) in [6.07, 6.45) is 8.37. The van der Waals surface area contributed by atoms with Crippen molar-refractivity contribution in [3.8, 4) is 0 Å². The Morgan fingerprint density at radius 3 is 3.15 bits per heavy atom. The number of aryl methyl sites for hydroxylation is 1. The van der Waals surface area contributed by atoms with Gasteiger partial charge in [0.1, 0.15) is 0 Å². The minimum atomic E-state index is 0.0902. The third kappa shape index (κ3) is 2.74. The van der Waals surface area contributed by atoms with Crippen molar-refractivity contribution in [3.05, 3.63) is 35.9 Å². The molecule has 0 bridgehead atoms. The lowest BCUT2D eigenvalue weighted by molar-refractivity contribution is 0.0672. The maximum Gasteiger partial charge on any atom is 0.257 e. The normalized spacial score (nSPS) is 19.2. The highest BCUT2D eigenvalue weighted by Gasteiger charge is 2.25. The van der Waals surface area contributed by atoms with Crippen LogP contribution >= 0.6 is 0 Å². The zero-order valence-electron chi connectivity index (χ0n) is 11.6. The fourth-order valence-electron chi connectivity index (χ4n) is 2.84. The number of nitrogens with zero attached hydrogens (tertiary/aromatic N) is 4. The summed E-state index contributed by atoms with van der Waals surface area (Å²) in [5.41, 5.74) is 1.82. The first-order valence-corrected chi connectivity index (χ1v) is 6.98. The van der Waals surface area contributed by atoms with E-state index in [2.05, 4.69) is 15.3 Å². The van der Waals surface area contributed by atoms with Crippen molar-refractivity contribution in [2.24, 2.45) is 13.0 Å². The lowest BCUT2D eigenvalue weighted by atomic mass is 9.93. The van der Waals surface area contributed by atoms with E-state index in [1.807, 2.05) is 18.0 Å². The Morgan fingerprint density at radius 2 is 2.45 bits per heavy atom. The van der Waals surface area contributed by atoms with E-state index in [1.54, 1.807) is 23.3 Å². The molecule has 0 saturated carbocycles. The first-order valence-electron chi connectivity index (χ1n) is 6.98. The molecule has 1 N–H and O–H groups in total. The number of hydrogen-bond donors (Lipinski definition) is 1. The Bertz CT molecular complexity index is 574. The van der Waals surface area contributed by atoms with Crippen LogP contribution in [0.5, 0.6) is 0 Å². The minimum Gasteiger partial charge on any atom is -0.338 e. The fraction of sp³-hybridized carbons (Fsp3) is 0.500. The summed E-state index contributed by atoms with van der Waals surface area (Å²) in [5, 5.41) is 11.0. The lowest BCUT2D eigenvalue weighted by Crippen LogP contribution is -2.40. The second-order valence-corrected chi connectivity index (χ2v) is 5.45. The summed E-state index contributed by atoms with van der Waals surface area (Å²) in [5.74, 6) is 0.595. The number of amides is 1. The van der Waals surface area contributed by atoms with Gasteiger partial charge < -0.3 is 4.90 Å². The molecule has 0 spiro atoms. The Hall–Kier alpha value is -2.11. The molecule has 1 aliphatic heterocycles. The standard InChI is InChI=1S/C14H19N5O/c1-18-10-12(8-16-18)14(20)19-6-2-3-11(9-19)7-13-4-5-15-17-13/h4-5,8,10-11H,2-3,6-7,9H2,1H3,(H,15,17)/t11-/m1/s1. The number of nitrogens with one attached hydrogen (secondary N) is 1. The molecule has 1 saturated heterocycles. The molecule has 106 valence electrons. The monoisotopic (exact) mass is 273 g/mol. The second-order valence-electron chi connectivity index (χ2n) is 5.45. The van der Waals surface area contributed by atoms with E-state index in [4.69, 9.17) is 0 Å². The molecule has 1 aliphatic rings. The maximum absolute atomic E-state index is 12.4. The molecule has 20 heavy (non-hydrogen) atoms. The quantitative estimate of drug-likeness (QED) is 0.915. The van der Waals surface area contributed by atoms with E-state index in [1.165, 1.54) is 0 Å².